The van der Waals surface area contributed by atoms with Crippen LogP contribution in [-0.4, -0.2) is 43.8 Å². The van der Waals surface area contributed by atoms with Crippen LogP contribution in [0.25, 0.3) is 0 Å². The first-order valence-corrected chi connectivity index (χ1v) is 16.8. The molecule has 0 aromatic heterocycles. The fraction of sp³-hybridized carbons (Fsp3) is 0.355. The number of halogens is 6. The van der Waals surface area contributed by atoms with Gasteiger partial charge in [-0.3, -0.25) is 13.9 Å². The van der Waals surface area contributed by atoms with Crippen molar-refractivity contribution in [2.24, 2.45) is 0 Å². The molecule has 1 N–H and O–H groups in total. The highest BCUT2D eigenvalue weighted by atomic mass is 35.5. The average molecular weight is 705 g/mol. The Bertz CT molecular complexity index is 1620. The van der Waals surface area contributed by atoms with Crippen LogP contribution in [0.2, 0.25) is 15.1 Å². The SMILES string of the molecule is CCC(C(=O)NC1CCCC1)N(Cc1c(Cl)cccc1Cl)C(=O)CN(c1cc(C(F)(F)F)ccc1Cl)S(=O)(=O)c1ccccc1. The van der Waals surface area contributed by atoms with Gasteiger partial charge in [-0.05, 0) is 61.7 Å². The van der Waals surface area contributed by atoms with Crippen LogP contribution in [0.4, 0.5) is 18.9 Å². The Morgan fingerprint density at radius 3 is 2.13 bits per heavy atom. The minimum absolute atomic E-state index is 0.0775. The first-order chi connectivity index (χ1) is 21.2. The summed E-state index contributed by atoms with van der Waals surface area (Å²) in [6, 6.07) is 12.7. The predicted molar refractivity (Wildman–Crippen MR) is 169 cm³/mol. The second kappa shape index (κ2) is 14.6. The van der Waals surface area contributed by atoms with Crippen LogP contribution in [0.5, 0.6) is 0 Å². The fourth-order valence-electron chi connectivity index (χ4n) is 5.25. The van der Waals surface area contributed by atoms with Gasteiger partial charge in [-0.1, -0.05) is 78.8 Å². The lowest BCUT2D eigenvalue weighted by Gasteiger charge is -2.34. The van der Waals surface area contributed by atoms with E-state index in [1.54, 1.807) is 31.2 Å². The first kappa shape index (κ1) is 34.9. The van der Waals surface area contributed by atoms with Gasteiger partial charge in [0.1, 0.15) is 12.6 Å². The minimum Gasteiger partial charge on any atom is -0.352 e. The lowest BCUT2D eigenvalue weighted by molar-refractivity contribution is -0.140. The van der Waals surface area contributed by atoms with Gasteiger partial charge in [0.15, 0.2) is 0 Å². The third-order valence-corrected chi connectivity index (χ3v) is 10.4. The van der Waals surface area contributed by atoms with Crippen LogP contribution in [0.1, 0.15) is 50.2 Å². The molecule has 45 heavy (non-hydrogen) atoms. The van der Waals surface area contributed by atoms with Gasteiger partial charge < -0.3 is 10.2 Å². The molecule has 1 atom stereocenters. The summed E-state index contributed by atoms with van der Waals surface area (Å²) in [5.74, 6) is -1.33. The largest absolute Gasteiger partial charge is 0.416 e. The van der Waals surface area contributed by atoms with Crippen molar-refractivity contribution in [3.8, 4) is 0 Å². The summed E-state index contributed by atoms with van der Waals surface area (Å²) in [5, 5.41) is 3.06. The number of alkyl halides is 3. The van der Waals surface area contributed by atoms with Crippen molar-refractivity contribution in [3.05, 3.63) is 92.9 Å². The summed E-state index contributed by atoms with van der Waals surface area (Å²) in [5.41, 5.74) is -1.40. The van der Waals surface area contributed by atoms with Crippen molar-refractivity contribution >= 4 is 62.3 Å². The van der Waals surface area contributed by atoms with Crippen LogP contribution in [0.15, 0.2) is 71.6 Å². The summed E-state index contributed by atoms with van der Waals surface area (Å²) >= 11 is 19.2. The molecule has 0 radical (unpaired) electrons. The maximum absolute atomic E-state index is 14.3. The van der Waals surface area contributed by atoms with Crippen molar-refractivity contribution in [1.82, 2.24) is 10.2 Å². The highest BCUT2D eigenvalue weighted by Crippen LogP contribution is 2.38. The van der Waals surface area contributed by atoms with Gasteiger partial charge in [0.25, 0.3) is 10.0 Å². The molecule has 0 spiro atoms. The number of anilines is 1. The Morgan fingerprint density at radius 2 is 1.56 bits per heavy atom. The van der Waals surface area contributed by atoms with Crippen LogP contribution < -0.4 is 9.62 Å². The maximum atomic E-state index is 14.3. The minimum atomic E-state index is -4.83. The summed E-state index contributed by atoms with van der Waals surface area (Å²) in [6.07, 6.45) is -1.23. The zero-order valence-electron chi connectivity index (χ0n) is 24.2. The zero-order valence-corrected chi connectivity index (χ0v) is 27.2. The Morgan fingerprint density at radius 1 is 0.933 bits per heavy atom. The van der Waals surface area contributed by atoms with Gasteiger partial charge in [0.2, 0.25) is 11.8 Å². The molecule has 1 unspecified atom stereocenters. The summed E-state index contributed by atoms with van der Waals surface area (Å²) < 4.78 is 69.7. The number of hydrogen-bond donors (Lipinski definition) is 1. The Kier molecular flexibility index (Phi) is 11.3. The van der Waals surface area contributed by atoms with Crippen LogP contribution in [0, 0.1) is 0 Å². The zero-order chi connectivity index (χ0) is 32.9. The Balaban J connectivity index is 1.81. The van der Waals surface area contributed by atoms with E-state index in [1.807, 2.05) is 0 Å². The molecule has 0 aliphatic heterocycles. The Hall–Kier alpha value is -2.99. The van der Waals surface area contributed by atoms with E-state index in [9.17, 15) is 31.2 Å². The van der Waals surface area contributed by atoms with Gasteiger partial charge in [-0.15, -0.1) is 0 Å². The van der Waals surface area contributed by atoms with Crippen molar-refractivity contribution in [2.45, 2.75) is 68.7 Å². The molecule has 242 valence electrons. The molecule has 0 heterocycles. The molecule has 0 bridgehead atoms. The topological polar surface area (TPSA) is 86.8 Å². The van der Waals surface area contributed by atoms with Crippen LogP contribution in [-0.2, 0) is 32.3 Å². The fourth-order valence-corrected chi connectivity index (χ4v) is 7.49. The van der Waals surface area contributed by atoms with E-state index in [1.165, 1.54) is 24.3 Å². The third-order valence-electron chi connectivity index (χ3n) is 7.63. The number of carbonyl (C=O) groups is 2. The lowest BCUT2D eigenvalue weighted by atomic mass is 10.1. The van der Waals surface area contributed by atoms with E-state index < -0.39 is 51.9 Å². The van der Waals surface area contributed by atoms with E-state index >= 15 is 0 Å². The van der Waals surface area contributed by atoms with Crippen molar-refractivity contribution in [3.63, 3.8) is 0 Å². The number of carbonyl (C=O) groups excluding carboxylic acids is 2. The number of hydrogen-bond acceptors (Lipinski definition) is 4. The summed E-state index contributed by atoms with van der Waals surface area (Å²) in [4.78, 5) is 28.7. The molecule has 1 fully saturated rings. The average Bonchev–Trinajstić information content (AvgIpc) is 3.50. The molecule has 1 aliphatic carbocycles. The van der Waals surface area contributed by atoms with Gasteiger partial charge >= 0.3 is 6.18 Å². The monoisotopic (exact) mass is 703 g/mol. The normalized spacial score (nSPS) is 14.6. The Labute approximate surface area is 275 Å². The van der Waals surface area contributed by atoms with Gasteiger partial charge in [0.05, 0.1) is 21.2 Å². The summed E-state index contributed by atoms with van der Waals surface area (Å²) in [7, 11) is -4.65. The number of amides is 2. The molecule has 2 amide bonds. The number of rotatable bonds is 11. The quantitative estimate of drug-likeness (QED) is 0.222. The maximum Gasteiger partial charge on any atom is 0.416 e. The van der Waals surface area contributed by atoms with Gasteiger partial charge in [-0.25, -0.2) is 8.42 Å². The summed E-state index contributed by atoms with van der Waals surface area (Å²) in [6.45, 7) is 0.437. The van der Waals surface area contributed by atoms with E-state index in [4.69, 9.17) is 34.8 Å². The lowest BCUT2D eigenvalue weighted by Crippen LogP contribution is -2.53. The van der Waals surface area contributed by atoms with Crippen molar-refractivity contribution < 1.29 is 31.2 Å². The molecule has 4 rings (SSSR count). The highest BCUT2D eigenvalue weighted by molar-refractivity contribution is 7.92. The molecule has 7 nitrogen and oxygen atoms in total. The van der Waals surface area contributed by atoms with Crippen molar-refractivity contribution in [1.29, 1.82) is 0 Å². The van der Waals surface area contributed by atoms with E-state index in [0.717, 1.165) is 36.6 Å². The van der Waals surface area contributed by atoms with Crippen LogP contribution in [0.3, 0.4) is 0 Å². The smallest absolute Gasteiger partial charge is 0.352 e. The number of nitrogens with one attached hydrogen (secondary N) is 1. The van der Waals surface area contributed by atoms with Crippen molar-refractivity contribution in [2.75, 3.05) is 10.8 Å². The number of nitrogens with zero attached hydrogens (tertiary/aromatic N) is 2. The molecular formula is C31H31Cl3F3N3O4S. The number of sulfonamides is 1. The molecule has 1 saturated carbocycles. The first-order valence-electron chi connectivity index (χ1n) is 14.2. The molecule has 3 aromatic rings. The second-order valence-corrected chi connectivity index (χ2v) is 13.7. The molecular weight excluding hydrogens is 674 g/mol. The van der Waals surface area contributed by atoms with E-state index in [0.29, 0.717) is 22.0 Å². The van der Waals surface area contributed by atoms with E-state index in [2.05, 4.69) is 5.32 Å². The highest BCUT2D eigenvalue weighted by Gasteiger charge is 2.37. The van der Waals surface area contributed by atoms with E-state index in [-0.39, 0.29) is 39.0 Å². The third kappa shape index (κ3) is 8.24. The predicted octanol–water partition coefficient (Wildman–Crippen LogP) is 7.73. The van der Waals surface area contributed by atoms with Crippen LogP contribution >= 0.6 is 34.8 Å². The molecule has 14 heteroatoms. The standard InChI is InChI=1S/C31H31Cl3F3N3O4S/c1-2-27(30(42)38-21-9-6-7-10-21)39(18-23-24(32)13-8-14-25(23)33)29(41)19-40(45(43,44)22-11-4-3-5-12-22)28-17-20(31(35,36)37)15-16-26(28)34/h3-5,8,11-17,21,27H,2,6-7,9-10,18-19H2,1H3,(H,38,42). The molecule has 3 aromatic carbocycles. The van der Waals surface area contributed by atoms with Gasteiger partial charge in [-0.2, -0.15) is 13.2 Å². The second-order valence-electron chi connectivity index (χ2n) is 10.6. The molecule has 1 aliphatic rings. The number of benzene rings is 3. The molecule has 0 saturated heterocycles. The van der Waals surface area contributed by atoms with Gasteiger partial charge in [0, 0.05) is 28.2 Å².